The summed E-state index contributed by atoms with van der Waals surface area (Å²) in [4.78, 5) is 0. The summed E-state index contributed by atoms with van der Waals surface area (Å²) in [5.74, 6) is 0. The van der Waals surface area contributed by atoms with E-state index in [1.54, 1.807) is 0 Å². The van der Waals surface area contributed by atoms with Crippen molar-refractivity contribution in [1.29, 1.82) is 5.41 Å². The minimum absolute atomic E-state index is 0.758. The average Bonchev–Trinajstić information content (AvgIpc) is 2.09. The van der Waals surface area contributed by atoms with Gasteiger partial charge in [0.25, 0.3) is 0 Å². The Bertz CT molecular complexity index is 275. The summed E-state index contributed by atoms with van der Waals surface area (Å²) >= 11 is 0. The number of nitrogens with one attached hydrogen (secondary N) is 1. The van der Waals surface area contributed by atoms with Crippen LogP contribution in [0.4, 0.5) is 5.69 Å². The predicted molar refractivity (Wildman–Crippen MR) is 57.2 cm³/mol. The number of hydrogen-bond acceptors (Lipinski definition) is 2. The van der Waals surface area contributed by atoms with Gasteiger partial charge < -0.3 is 11.1 Å². The lowest BCUT2D eigenvalue weighted by Gasteiger charge is -2.02. The molecular formula is C11H16N2. The lowest BCUT2D eigenvalue weighted by molar-refractivity contribution is 0.965. The molecule has 2 heteroatoms. The van der Waals surface area contributed by atoms with Crippen molar-refractivity contribution in [2.45, 2.75) is 26.2 Å². The highest BCUT2D eigenvalue weighted by atomic mass is 14.5. The molecule has 0 fully saturated rings. The summed E-state index contributed by atoms with van der Waals surface area (Å²) < 4.78 is 0. The van der Waals surface area contributed by atoms with E-state index in [2.05, 4.69) is 6.92 Å². The van der Waals surface area contributed by atoms with Crippen LogP contribution in [0.5, 0.6) is 0 Å². The van der Waals surface area contributed by atoms with E-state index < -0.39 is 0 Å². The van der Waals surface area contributed by atoms with Crippen LogP contribution < -0.4 is 5.73 Å². The summed E-state index contributed by atoms with van der Waals surface area (Å²) in [5, 5.41) is 7.65. The molecule has 0 bridgehead atoms. The molecule has 70 valence electrons. The minimum Gasteiger partial charge on any atom is -0.399 e. The summed E-state index contributed by atoms with van der Waals surface area (Å²) in [6.07, 6.45) is 2.70. The molecule has 0 saturated heterocycles. The molecule has 0 saturated carbocycles. The molecular weight excluding hydrogens is 160 g/mol. The van der Waals surface area contributed by atoms with Crippen molar-refractivity contribution in [1.82, 2.24) is 0 Å². The molecule has 2 nitrogen and oxygen atoms in total. The van der Waals surface area contributed by atoms with E-state index in [9.17, 15) is 0 Å². The molecule has 0 amide bonds. The zero-order valence-electron chi connectivity index (χ0n) is 8.01. The number of nitrogen functional groups attached to an aromatic ring is 1. The molecule has 0 heterocycles. The van der Waals surface area contributed by atoms with E-state index in [0.29, 0.717) is 0 Å². The largest absolute Gasteiger partial charge is 0.399 e. The van der Waals surface area contributed by atoms with Crippen molar-refractivity contribution >= 4 is 11.4 Å². The van der Waals surface area contributed by atoms with Gasteiger partial charge in [-0.2, -0.15) is 0 Å². The second-order valence-corrected chi connectivity index (χ2v) is 3.27. The van der Waals surface area contributed by atoms with Gasteiger partial charge in [-0.05, 0) is 24.1 Å². The number of anilines is 1. The Morgan fingerprint density at radius 3 is 2.46 bits per heavy atom. The van der Waals surface area contributed by atoms with Crippen LogP contribution in [0, 0.1) is 5.41 Å². The Morgan fingerprint density at radius 2 is 1.92 bits per heavy atom. The van der Waals surface area contributed by atoms with Crippen molar-refractivity contribution in [3.05, 3.63) is 29.8 Å². The zero-order chi connectivity index (χ0) is 9.68. The van der Waals surface area contributed by atoms with Gasteiger partial charge >= 0.3 is 0 Å². The third-order valence-corrected chi connectivity index (χ3v) is 1.95. The van der Waals surface area contributed by atoms with Gasteiger partial charge in [-0.3, -0.25) is 0 Å². The Hall–Kier alpha value is -1.31. The third kappa shape index (κ3) is 3.28. The van der Waals surface area contributed by atoms with E-state index in [1.165, 1.54) is 5.56 Å². The Morgan fingerprint density at radius 1 is 1.31 bits per heavy atom. The van der Waals surface area contributed by atoms with Crippen molar-refractivity contribution in [3.8, 4) is 0 Å². The van der Waals surface area contributed by atoms with Gasteiger partial charge in [-0.15, -0.1) is 0 Å². The maximum Gasteiger partial charge on any atom is 0.0314 e. The normalized spacial score (nSPS) is 9.92. The molecule has 0 aliphatic carbocycles. The SMILES string of the molecule is CCCC(=N)Cc1ccc(N)cc1. The quantitative estimate of drug-likeness (QED) is 0.537. The van der Waals surface area contributed by atoms with E-state index in [1.807, 2.05) is 24.3 Å². The molecule has 13 heavy (non-hydrogen) atoms. The summed E-state index contributed by atoms with van der Waals surface area (Å²) in [6.45, 7) is 2.09. The minimum atomic E-state index is 0.758. The van der Waals surface area contributed by atoms with E-state index in [0.717, 1.165) is 30.7 Å². The van der Waals surface area contributed by atoms with Crippen LogP contribution in [0.3, 0.4) is 0 Å². The molecule has 0 aromatic heterocycles. The monoisotopic (exact) mass is 176 g/mol. The molecule has 3 N–H and O–H groups in total. The highest BCUT2D eigenvalue weighted by Crippen LogP contribution is 2.07. The first-order valence-corrected chi connectivity index (χ1v) is 4.63. The maximum atomic E-state index is 7.65. The molecule has 1 rings (SSSR count). The number of benzene rings is 1. The van der Waals surface area contributed by atoms with Gasteiger partial charge in [0.15, 0.2) is 0 Å². The molecule has 0 radical (unpaired) electrons. The van der Waals surface area contributed by atoms with Crippen LogP contribution >= 0.6 is 0 Å². The highest BCUT2D eigenvalue weighted by Gasteiger charge is 1.97. The standard InChI is InChI=1S/C11H16N2/c1-2-3-11(13)8-9-4-6-10(12)7-5-9/h4-7,13H,2-3,8,12H2,1H3. The maximum absolute atomic E-state index is 7.65. The van der Waals surface area contributed by atoms with E-state index >= 15 is 0 Å². The molecule has 1 aromatic carbocycles. The molecule has 0 aliphatic heterocycles. The van der Waals surface area contributed by atoms with Gasteiger partial charge in [-0.25, -0.2) is 0 Å². The lowest BCUT2D eigenvalue weighted by Crippen LogP contribution is -2.00. The smallest absolute Gasteiger partial charge is 0.0314 e. The summed E-state index contributed by atoms with van der Waals surface area (Å²) in [5.41, 5.74) is 8.32. The van der Waals surface area contributed by atoms with Crippen molar-refractivity contribution < 1.29 is 0 Å². The van der Waals surface area contributed by atoms with Crippen LogP contribution in [-0.2, 0) is 6.42 Å². The Balaban J connectivity index is 2.54. The number of nitrogens with two attached hydrogens (primary N) is 1. The van der Waals surface area contributed by atoms with Crippen LogP contribution in [0.15, 0.2) is 24.3 Å². The second kappa shape index (κ2) is 4.65. The third-order valence-electron chi connectivity index (χ3n) is 1.95. The highest BCUT2D eigenvalue weighted by molar-refractivity contribution is 5.83. The van der Waals surface area contributed by atoms with Crippen LogP contribution in [0.2, 0.25) is 0 Å². The van der Waals surface area contributed by atoms with Crippen molar-refractivity contribution in [2.24, 2.45) is 0 Å². The molecule has 0 aliphatic rings. The fourth-order valence-corrected chi connectivity index (χ4v) is 1.27. The Labute approximate surface area is 79.3 Å². The second-order valence-electron chi connectivity index (χ2n) is 3.27. The van der Waals surface area contributed by atoms with Crippen LogP contribution in [-0.4, -0.2) is 5.71 Å². The first kappa shape index (κ1) is 9.78. The van der Waals surface area contributed by atoms with Gasteiger partial charge in [0.2, 0.25) is 0 Å². The fraction of sp³-hybridized carbons (Fsp3) is 0.364. The van der Waals surface area contributed by atoms with Gasteiger partial charge in [0.05, 0.1) is 0 Å². The molecule has 1 aromatic rings. The average molecular weight is 176 g/mol. The van der Waals surface area contributed by atoms with Crippen molar-refractivity contribution in [2.75, 3.05) is 5.73 Å². The van der Waals surface area contributed by atoms with E-state index in [4.69, 9.17) is 11.1 Å². The topological polar surface area (TPSA) is 49.9 Å². The lowest BCUT2D eigenvalue weighted by atomic mass is 10.1. The van der Waals surface area contributed by atoms with Gasteiger partial charge in [0, 0.05) is 17.8 Å². The zero-order valence-corrected chi connectivity index (χ0v) is 8.01. The van der Waals surface area contributed by atoms with Crippen LogP contribution in [0.25, 0.3) is 0 Å². The first-order chi connectivity index (χ1) is 6.22. The van der Waals surface area contributed by atoms with Crippen molar-refractivity contribution in [3.63, 3.8) is 0 Å². The van der Waals surface area contributed by atoms with E-state index in [-0.39, 0.29) is 0 Å². The molecule has 0 atom stereocenters. The first-order valence-electron chi connectivity index (χ1n) is 4.63. The molecule has 0 unspecified atom stereocenters. The summed E-state index contributed by atoms with van der Waals surface area (Å²) in [6, 6.07) is 7.74. The number of hydrogen-bond donors (Lipinski definition) is 2. The van der Waals surface area contributed by atoms with Gasteiger partial charge in [-0.1, -0.05) is 25.5 Å². The number of rotatable bonds is 4. The molecule has 0 spiro atoms. The van der Waals surface area contributed by atoms with Gasteiger partial charge in [0.1, 0.15) is 0 Å². The van der Waals surface area contributed by atoms with Crippen LogP contribution in [0.1, 0.15) is 25.3 Å². The Kier molecular flexibility index (Phi) is 3.50. The predicted octanol–water partition coefficient (Wildman–Crippen LogP) is 2.63. The fourth-order valence-electron chi connectivity index (χ4n) is 1.27. The summed E-state index contributed by atoms with van der Waals surface area (Å²) in [7, 11) is 0.